The van der Waals surface area contributed by atoms with Crippen LogP contribution in [-0.2, 0) is 16.6 Å². The minimum atomic E-state index is -3.83. The van der Waals surface area contributed by atoms with Gasteiger partial charge in [-0.1, -0.05) is 6.07 Å². The first-order valence-corrected chi connectivity index (χ1v) is 8.95. The van der Waals surface area contributed by atoms with E-state index in [1.54, 1.807) is 27.7 Å². The van der Waals surface area contributed by atoms with E-state index in [4.69, 9.17) is 5.26 Å². The molecule has 0 aliphatic carbocycles. The van der Waals surface area contributed by atoms with Crippen molar-refractivity contribution in [2.45, 2.75) is 18.4 Å². The number of likely N-dealkylation sites (N-methyl/N-ethyl adjacent to an activating group) is 1. The molecule has 7 nitrogen and oxygen atoms in total. The van der Waals surface area contributed by atoms with Crippen LogP contribution in [0.5, 0.6) is 0 Å². The first kappa shape index (κ1) is 16.1. The van der Waals surface area contributed by atoms with Crippen LogP contribution >= 0.6 is 0 Å². The van der Waals surface area contributed by atoms with Gasteiger partial charge in [0.2, 0.25) is 0 Å². The lowest BCUT2D eigenvalue weighted by Crippen LogP contribution is -2.39. The second-order valence-corrected chi connectivity index (χ2v) is 7.12. The number of rotatable bonds is 4. The Hall–Kier alpha value is -2.79. The minimum Gasteiger partial charge on any atom is -0.340 e. The summed E-state index contributed by atoms with van der Waals surface area (Å²) in [6.07, 6.45) is 1.47. The Bertz CT molecular complexity index is 940. The molecule has 124 valence electrons. The van der Waals surface area contributed by atoms with Gasteiger partial charge >= 0.3 is 0 Å². The van der Waals surface area contributed by atoms with E-state index >= 15 is 0 Å². The number of carbonyl (C=O) groups is 1. The molecular weight excluding hydrogens is 328 g/mol. The van der Waals surface area contributed by atoms with Gasteiger partial charge in [-0.2, -0.15) is 5.26 Å². The first-order chi connectivity index (χ1) is 11.4. The number of hydrogen-bond acceptors (Lipinski definition) is 4. The maximum Gasteiger partial charge on any atom is 0.270 e. The lowest BCUT2D eigenvalue weighted by Gasteiger charge is -2.26. The van der Waals surface area contributed by atoms with Crippen molar-refractivity contribution in [3.63, 3.8) is 0 Å². The molecule has 0 fully saturated rings. The van der Waals surface area contributed by atoms with Crippen LogP contribution in [0.1, 0.15) is 23.0 Å². The van der Waals surface area contributed by atoms with Crippen molar-refractivity contribution in [3.05, 3.63) is 47.8 Å². The third-order valence-corrected chi connectivity index (χ3v) is 5.27. The molecule has 1 aromatic heterocycles. The Morgan fingerprint density at radius 3 is 2.79 bits per heavy atom. The van der Waals surface area contributed by atoms with E-state index in [-0.39, 0.29) is 10.8 Å². The summed E-state index contributed by atoms with van der Waals surface area (Å²) < 4.78 is 29.2. The number of amides is 1. The number of benzene rings is 1. The van der Waals surface area contributed by atoms with Crippen LogP contribution in [0.3, 0.4) is 0 Å². The number of nitriles is 1. The summed E-state index contributed by atoms with van der Waals surface area (Å²) in [6, 6.07) is 9.56. The van der Waals surface area contributed by atoms with Crippen molar-refractivity contribution in [2.24, 2.45) is 0 Å². The smallest absolute Gasteiger partial charge is 0.270 e. The third kappa shape index (κ3) is 2.86. The van der Waals surface area contributed by atoms with E-state index in [2.05, 4.69) is 4.72 Å². The zero-order valence-corrected chi connectivity index (χ0v) is 13.9. The predicted molar refractivity (Wildman–Crippen MR) is 88.0 cm³/mol. The van der Waals surface area contributed by atoms with Gasteiger partial charge in [0.1, 0.15) is 10.6 Å². The average Bonchev–Trinajstić information content (AvgIpc) is 3.01. The number of nitrogens with one attached hydrogen (secondary N) is 1. The average molecular weight is 344 g/mol. The van der Waals surface area contributed by atoms with Crippen LogP contribution < -0.4 is 4.72 Å². The number of carbonyl (C=O) groups excluding carboxylic acids is 1. The highest BCUT2D eigenvalue weighted by atomic mass is 32.2. The Kier molecular flexibility index (Phi) is 4.03. The van der Waals surface area contributed by atoms with Crippen LogP contribution in [0.15, 0.2) is 41.4 Å². The second-order valence-electron chi connectivity index (χ2n) is 5.44. The fourth-order valence-corrected chi connectivity index (χ4v) is 3.74. The topological polar surface area (TPSA) is 95.2 Å². The second kappa shape index (κ2) is 6.02. The van der Waals surface area contributed by atoms with Crippen molar-refractivity contribution >= 4 is 21.6 Å². The Labute approximate surface area is 140 Å². The van der Waals surface area contributed by atoms with Crippen molar-refractivity contribution in [1.29, 1.82) is 5.26 Å². The summed E-state index contributed by atoms with van der Waals surface area (Å²) in [7, 11) is -3.83. The predicted octanol–water partition coefficient (Wildman–Crippen LogP) is 1.64. The van der Waals surface area contributed by atoms with E-state index < -0.39 is 10.0 Å². The van der Waals surface area contributed by atoms with Crippen LogP contribution in [0, 0.1) is 11.3 Å². The van der Waals surface area contributed by atoms with Gasteiger partial charge in [0.05, 0.1) is 17.3 Å². The van der Waals surface area contributed by atoms with Gasteiger partial charge in [-0.25, -0.2) is 8.42 Å². The molecule has 0 saturated carbocycles. The maximum atomic E-state index is 12.5. The lowest BCUT2D eigenvalue weighted by atomic mass is 10.2. The molecule has 8 heteroatoms. The number of hydrogen-bond donors (Lipinski definition) is 1. The Morgan fingerprint density at radius 2 is 2.08 bits per heavy atom. The van der Waals surface area contributed by atoms with E-state index in [1.165, 1.54) is 18.3 Å². The van der Waals surface area contributed by atoms with Gasteiger partial charge in [-0.3, -0.25) is 9.52 Å². The maximum absolute atomic E-state index is 12.5. The normalized spacial score (nSPS) is 14.2. The van der Waals surface area contributed by atoms with Crippen LogP contribution in [0.25, 0.3) is 0 Å². The summed E-state index contributed by atoms with van der Waals surface area (Å²) in [6.45, 7) is 3.60. The minimum absolute atomic E-state index is 0.0335. The summed E-state index contributed by atoms with van der Waals surface area (Å²) in [5.41, 5.74) is 1.04. The van der Waals surface area contributed by atoms with Gasteiger partial charge in [0.15, 0.2) is 0 Å². The summed E-state index contributed by atoms with van der Waals surface area (Å²) in [5, 5.41) is 8.89. The summed E-state index contributed by atoms with van der Waals surface area (Å²) in [4.78, 5) is 14.0. The SMILES string of the molecule is CCN1CCn2cc(S(=O)(=O)Nc3cccc(C#N)c3)cc2C1=O. The summed E-state index contributed by atoms with van der Waals surface area (Å²) in [5.74, 6) is -0.170. The number of anilines is 1. The fraction of sp³-hybridized carbons (Fsp3) is 0.250. The quantitative estimate of drug-likeness (QED) is 0.912. The zero-order chi connectivity index (χ0) is 17.3. The van der Waals surface area contributed by atoms with Gasteiger partial charge in [0.25, 0.3) is 15.9 Å². The number of sulfonamides is 1. The number of nitrogens with zero attached hydrogens (tertiary/aromatic N) is 3. The molecule has 1 aliphatic heterocycles. The van der Waals surface area contributed by atoms with E-state index in [0.717, 1.165) is 0 Å². The molecule has 2 aromatic rings. The van der Waals surface area contributed by atoms with E-state index in [0.29, 0.717) is 36.6 Å². The fourth-order valence-electron chi connectivity index (χ4n) is 2.65. The monoisotopic (exact) mass is 344 g/mol. The molecular formula is C16H16N4O3S. The van der Waals surface area contributed by atoms with Gasteiger partial charge < -0.3 is 9.47 Å². The molecule has 2 heterocycles. The molecule has 0 saturated heterocycles. The molecule has 0 spiro atoms. The number of aromatic nitrogens is 1. The van der Waals surface area contributed by atoms with Crippen LogP contribution in [0.4, 0.5) is 5.69 Å². The summed E-state index contributed by atoms with van der Waals surface area (Å²) >= 11 is 0. The first-order valence-electron chi connectivity index (χ1n) is 7.47. The van der Waals surface area contributed by atoms with Crippen molar-refractivity contribution in [1.82, 2.24) is 9.47 Å². The largest absolute Gasteiger partial charge is 0.340 e. The highest BCUT2D eigenvalue weighted by Crippen LogP contribution is 2.22. The molecule has 0 bridgehead atoms. The molecule has 3 rings (SSSR count). The standard InChI is InChI=1S/C16H16N4O3S/c1-2-19-6-7-20-11-14(9-15(20)16(19)21)24(22,23)18-13-5-3-4-12(8-13)10-17/h3-5,8-9,11,18H,2,6-7H2,1H3. The van der Waals surface area contributed by atoms with Gasteiger partial charge in [0, 0.05) is 25.8 Å². The Morgan fingerprint density at radius 1 is 1.29 bits per heavy atom. The van der Waals surface area contributed by atoms with Crippen LogP contribution in [-0.4, -0.2) is 36.9 Å². The molecule has 0 unspecified atom stereocenters. The van der Waals surface area contributed by atoms with E-state index in [9.17, 15) is 13.2 Å². The Balaban J connectivity index is 1.91. The molecule has 24 heavy (non-hydrogen) atoms. The molecule has 1 aliphatic rings. The lowest BCUT2D eigenvalue weighted by molar-refractivity contribution is 0.0715. The number of fused-ring (bicyclic) bond motifs is 1. The molecule has 1 aromatic carbocycles. The molecule has 0 atom stereocenters. The highest BCUT2D eigenvalue weighted by molar-refractivity contribution is 7.92. The molecule has 1 amide bonds. The van der Waals surface area contributed by atoms with Gasteiger partial charge in [-0.15, -0.1) is 0 Å². The van der Waals surface area contributed by atoms with Crippen molar-refractivity contribution in [3.8, 4) is 6.07 Å². The van der Waals surface area contributed by atoms with Gasteiger partial charge in [-0.05, 0) is 31.2 Å². The third-order valence-electron chi connectivity index (χ3n) is 3.92. The van der Waals surface area contributed by atoms with Crippen molar-refractivity contribution < 1.29 is 13.2 Å². The molecule has 1 N–H and O–H groups in total. The zero-order valence-electron chi connectivity index (χ0n) is 13.1. The molecule has 0 radical (unpaired) electrons. The van der Waals surface area contributed by atoms with Crippen molar-refractivity contribution in [2.75, 3.05) is 17.8 Å². The van der Waals surface area contributed by atoms with E-state index in [1.807, 2.05) is 13.0 Å². The highest BCUT2D eigenvalue weighted by Gasteiger charge is 2.27. The van der Waals surface area contributed by atoms with Crippen LogP contribution in [0.2, 0.25) is 0 Å².